The van der Waals surface area contributed by atoms with E-state index >= 15 is 0 Å². The smallest absolute Gasteiger partial charge is 0.250 e. The van der Waals surface area contributed by atoms with E-state index in [0.717, 1.165) is 5.56 Å². The Labute approximate surface area is 128 Å². The SMILES string of the molecule is CCC1NC(=O)C(C)N(c2cc(Cl)c(C)cc2Cl)C1=O. The van der Waals surface area contributed by atoms with Gasteiger partial charge < -0.3 is 5.32 Å². The van der Waals surface area contributed by atoms with Gasteiger partial charge in [0.05, 0.1) is 10.7 Å². The molecule has 1 heterocycles. The minimum atomic E-state index is -0.610. The van der Waals surface area contributed by atoms with Crippen LogP contribution in [0.1, 0.15) is 25.8 Å². The maximum atomic E-state index is 12.5. The topological polar surface area (TPSA) is 49.4 Å². The van der Waals surface area contributed by atoms with Crippen LogP contribution in [0, 0.1) is 6.92 Å². The standard InChI is InChI=1S/C14H16Cl2N2O2/c1-4-11-14(20)18(8(3)13(19)17-11)12-6-9(15)7(2)5-10(12)16/h5-6,8,11H,4H2,1-3H3,(H,17,19). The van der Waals surface area contributed by atoms with Gasteiger partial charge in [-0.15, -0.1) is 0 Å². The third kappa shape index (κ3) is 2.50. The first-order valence-electron chi connectivity index (χ1n) is 6.46. The number of piperazine rings is 1. The molecule has 2 rings (SSSR count). The molecule has 0 bridgehead atoms. The van der Waals surface area contributed by atoms with Crippen LogP contribution >= 0.6 is 23.2 Å². The molecule has 1 aliphatic rings. The third-order valence-corrected chi connectivity index (χ3v) is 4.22. The van der Waals surface area contributed by atoms with Crippen LogP contribution in [-0.4, -0.2) is 23.9 Å². The minimum absolute atomic E-state index is 0.165. The first-order chi connectivity index (χ1) is 9.36. The van der Waals surface area contributed by atoms with Crippen LogP contribution in [-0.2, 0) is 9.59 Å². The van der Waals surface area contributed by atoms with Crippen molar-refractivity contribution in [3.8, 4) is 0 Å². The molecule has 0 aromatic heterocycles. The lowest BCUT2D eigenvalue weighted by Crippen LogP contribution is -2.62. The van der Waals surface area contributed by atoms with E-state index in [1.807, 2.05) is 13.8 Å². The Bertz CT molecular complexity index is 575. The molecule has 1 fully saturated rings. The maximum Gasteiger partial charge on any atom is 0.250 e. The molecule has 1 saturated heterocycles. The molecule has 2 amide bonds. The molecule has 0 spiro atoms. The molecule has 4 nitrogen and oxygen atoms in total. The van der Waals surface area contributed by atoms with E-state index in [-0.39, 0.29) is 11.8 Å². The summed E-state index contributed by atoms with van der Waals surface area (Å²) in [6.07, 6.45) is 0.533. The molecular weight excluding hydrogens is 299 g/mol. The summed E-state index contributed by atoms with van der Waals surface area (Å²) in [5, 5.41) is 3.64. The molecule has 2 atom stereocenters. The zero-order valence-electron chi connectivity index (χ0n) is 11.5. The summed E-state index contributed by atoms with van der Waals surface area (Å²) in [4.78, 5) is 25.9. The molecule has 0 aliphatic carbocycles. The van der Waals surface area contributed by atoms with Gasteiger partial charge in [-0.2, -0.15) is 0 Å². The van der Waals surface area contributed by atoms with Crippen molar-refractivity contribution in [2.45, 2.75) is 39.3 Å². The number of carbonyl (C=O) groups excluding carboxylic acids is 2. The second kappa shape index (κ2) is 5.62. The van der Waals surface area contributed by atoms with E-state index in [9.17, 15) is 9.59 Å². The Morgan fingerprint density at radius 3 is 2.50 bits per heavy atom. The van der Waals surface area contributed by atoms with E-state index in [1.54, 1.807) is 19.1 Å². The highest BCUT2D eigenvalue weighted by atomic mass is 35.5. The molecule has 0 radical (unpaired) electrons. The highest BCUT2D eigenvalue weighted by Crippen LogP contribution is 2.34. The summed E-state index contributed by atoms with van der Waals surface area (Å²) in [6, 6.07) is 2.21. The average Bonchev–Trinajstić information content (AvgIpc) is 2.40. The van der Waals surface area contributed by atoms with Crippen molar-refractivity contribution in [2.24, 2.45) is 0 Å². The van der Waals surface area contributed by atoms with Gasteiger partial charge in [0, 0.05) is 5.02 Å². The fourth-order valence-corrected chi connectivity index (χ4v) is 2.72. The number of hydrogen-bond acceptors (Lipinski definition) is 2. The number of anilines is 1. The van der Waals surface area contributed by atoms with Crippen molar-refractivity contribution in [3.63, 3.8) is 0 Å². The Kier molecular flexibility index (Phi) is 4.25. The maximum absolute atomic E-state index is 12.5. The van der Waals surface area contributed by atoms with Crippen LogP contribution in [0.25, 0.3) is 0 Å². The average molecular weight is 315 g/mol. The first kappa shape index (κ1) is 15.1. The van der Waals surface area contributed by atoms with Crippen molar-refractivity contribution in [1.29, 1.82) is 0 Å². The zero-order chi connectivity index (χ0) is 15.0. The predicted molar refractivity (Wildman–Crippen MR) is 80.4 cm³/mol. The summed E-state index contributed by atoms with van der Waals surface area (Å²) in [7, 11) is 0. The second-order valence-electron chi connectivity index (χ2n) is 4.91. The molecule has 1 aromatic carbocycles. The summed E-state index contributed by atoms with van der Waals surface area (Å²) in [5.74, 6) is -0.356. The minimum Gasteiger partial charge on any atom is -0.343 e. The van der Waals surface area contributed by atoms with Gasteiger partial charge in [0.1, 0.15) is 12.1 Å². The number of nitrogens with zero attached hydrogens (tertiary/aromatic N) is 1. The highest BCUT2D eigenvalue weighted by Gasteiger charge is 2.38. The van der Waals surface area contributed by atoms with Gasteiger partial charge in [-0.1, -0.05) is 30.1 Å². The lowest BCUT2D eigenvalue weighted by atomic mass is 10.0. The first-order valence-corrected chi connectivity index (χ1v) is 7.21. The Hall–Kier alpha value is -1.26. The van der Waals surface area contributed by atoms with Gasteiger partial charge in [-0.05, 0) is 38.0 Å². The third-order valence-electron chi connectivity index (χ3n) is 3.51. The van der Waals surface area contributed by atoms with Crippen molar-refractivity contribution < 1.29 is 9.59 Å². The molecule has 20 heavy (non-hydrogen) atoms. The second-order valence-corrected chi connectivity index (χ2v) is 5.72. The van der Waals surface area contributed by atoms with Crippen molar-refractivity contribution in [1.82, 2.24) is 5.32 Å². The lowest BCUT2D eigenvalue weighted by molar-refractivity contribution is -0.133. The number of halogens is 2. The molecule has 6 heteroatoms. The lowest BCUT2D eigenvalue weighted by Gasteiger charge is -2.37. The number of aryl methyl sites for hydroxylation is 1. The van der Waals surface area contributed by atoms with E-state index in [4.69, 9.17) is 23.2 Å². The Morgan fingerprint density at radius 2 is 1.90 bits per heavy atom. The normalized spacial score (nSPS) is 22.9. The van der Waals surface area contributed by atoms with Crippen LogP contribution in [0.5, 0.6) is 0 Å². The zero-order valence-corrected chi connectivity index (χ0v) is 13.0. The van der Waals surface area contributed by atoms with Crippen molar-refractivity contribution in [2.75, 3.05) is 4.90 Å². The fraction of sp³-hybridized carbons (Fsp3) is 0.429. The molecule has 108 valence electrons. The van der Waals surface area contributed by atoms with Gasteiger partial charge in [0.25, 0.3) is 0 Å². The predicted octanol–water partition coefficient (Wildman–Crippen LogP) is 2.93. The van der Waals surface area contributed by atoms with Crippen LogP contribution in [0.3, 0.4) is 0 Å². The van der Waals surface area contributed by atoms with Gasteiger partial charge in [-0.25, -0.2) is 0 Å². The van der Waals surface area contributed by atoms with Crippen LogP contribution < -0.4 is 10.2 Å². The molecule has 1 N–H and O–H groups in total. The van der Waals surface area contributed by atoms with Crippen LogP contribution in [0.2, 0.25) is 10.0 Å². The van der Waals surface area contributed by atoms with Gasteiger partial charge in [0.2, 0.25) is 11.8 Å². The summed E-state index contributed by atoms with van der Waals surface area (Å²) in [5.41, 5.74) is 1.31. The summed E-state index contributed by atoms with van der Waals surface area (Å²) in [6.45, 7) is 5.35. The number of hydrogen-bond donors (Lipinski definition) is 1. The monoisotopic (exact) mass is 314 g/mol. The van der Waals surface area contributed by atoms with E-state index < -0.39 is 12.1 Å². The van der Waals surface area contributed by atoms with Crippen LogP contribution in [0.4, 0.5) is 5.69 Å². The molecular formula is C14H16Cl2N2O2. The fourth-order valence-electron chi connectivity index (χ4n) is 2.25. The number of benzene rings is 1. The number of rotatable bonds is 2. The molecule has 0 saturated carbocycles. The van der Waals surface area contributed by atoms with Gasteiger partial charge in [-0.3, -0.25) is 14.5 Å². The quantitative estimate of drug-likeness (QED) is 0.912. The number of amides is 2. The van der Waals surface area contributed by atoms with Crippen LogP contribution in [0.15, 0.2) is 12.1 Å². The number of carbonyl (C=O) groups is 2. The summed E-state index contributed by atoms with van der Waals surface area (Å²) < 4.78 is 0. The largest absolute Gasteiger partial charge is 0.343 e. The van der Waals surface area contributed by atoms with Crippen molar-refractivity contribution in [3.05, 3.63) is 27.7 Å². The Morgan fingerprint density at radius 1 is 1.25 bits per heavy atom. The van der Waals surface area contributed by atoms with E-state index in [0.29, 0.717) is 22.2 Å². The highest BCUT2D eigenvalue weighted by molar-refractivity contribution is 6.36. The molecule has 1 aliphatic heterocycles. The van der Waals surface area contributed by atoms with Crippen molar-refractivity contribution >= 4 is 40.7 Å². The van der Waals surface area contributed by atoms with E-state index in [1.165, 1.54) is 4.90 Å². The molecule has 2 unspecified atom stereocenters. The van der Waals surface area contributed by atoms with Gasteiger partial charge >= 0.3 is 0 Å². The summed E-state index contributed by atoms with van der Waals surface area (Å²) >= 11 is 12.3. The Balaban J connectivity index is 2.51. The van der Waals surface area contributed by atoms with E-state index in [2.05, 4.69) is 5.32 Å². The molecule has 1 aromatic rings. The van der Waals surface area contributed by atoms with Gasteiger partial charge in [0.15, 0.2) is 0 Å². The number of nitrogens with one attached hydrogen (secondary N) is 1.